The first kappa shape index (κ1) is 17.6. The van der Waals surface area contributed by atoms with Crippen molar-refractivity contribution in [3.8, 4) is 0 Å². The van der Waals surface area contributed by atoms with Gasteiger partial charge in [-0.05, 0) is 6.07 Å². The second kappa shape index (κ2) is 7.83. The van der Waals surface area contributed by atoms with Crippen molar-refractivity contribution >= 4 is 17.4 Å². The van der Waals surface area contributed by atoms with Crippen LogP contribution in [0.25, 0.3) is 0 Å². The highest BCUT2D eigenvalue weighted by molar-refractivity contribution is 5.94. The van der Waals surface area contributed by atoms with Crippen molar-refractivity contribution in [3.05, 3.63) is 42.1 Å². The number of carbonyl (C=O) groups excluding carboxylic acids is 1. The van der Waals surface area contributed by atoms with Gasteiger partial charge in [-0.3, -0.25) is 9.78 Å². The molecule has 0 aliphatic carbocycles. The van der Waals surface area contributed by atoms with Crippen LogP contribution in [-0.2, 0) is 4.74 Å². The van der Waals surface area contributed by atoms with Gasteiger partial charge in [0.15, 0.2) is 5.82 Å². The fourth-order valence-corrected chi connectivity index (χ4v) is 3.34. The van der Waals surface area contributed by atoms with Gasteiger partial charge in [0.1, 0.15) is 5.82 Å². The standard InChI is InChI=1S/C18H21FN6O2/c19-15-9-14(11-20-12-15)18(26)25-3-1-23(2-4-25)16-10-17(22-21-13-16)24-5-7-27-8-6-24/h9-13H,1-8H2. The molecule has 1 amide bonds. The summed E-state index contributed by atoms with van der Waals surface area (Å²) in [4.78, 5) is 22.3. The molecule has 8 nitrogen and oxygen atoms in total. The van der Waals surface area contributed by atoms with Crippen LogP contribution in [0.4, 0.5) is 15.9 Å². The van der Waals surface area contributed by atoms with Crippen molar-refractivity contribution in [1.29, 1.82) is 0 Å². The Balaban J connectivity index is 1.40. The Morgan fingerprint density at radius 1 is 0.963 bits per heavy atom. The number of pyridine rings is 1. The van der Waals surface area contributed by atoms with Crippen LogP contribution < -0.4 is 9.80 Å². The molecule has 9 heteroatoms. The molecule has 4 heterocycles. The number of hydrogen-bond acceptors (Lipinski definition) is 7. The van der Waals surface area contributed by atoms with Crippen LogP contribution in [0.15, 0.2) is 30.7 Å². The second-order valence-electron chi connectivity index (χ2n) is 6.54. The minimum atomic E-state index is -0.502. The summed E-state index contributed by atoms with van der Waals surface area (Å²) in [7, 11) is 0. The topological polar surface area (TPSA) is 74.7 Å². The quantitative estimate of drug-likeness (QED) is 0.789. The number of morpholine rings is 1. The Kier molecular flexibility index (Phi) is 5.10. The van der Waals surface area contributed by atoms with Gasteiger partial charge in [-0.1, -0.05) is 0 Å². The van der Waals surface area contributed by atoms with Crippen molar-refractivity contribution < 1.29 is 13.9 Å². The summed E-state index contributed by atoms with van der Waals surface area (Å²) < 4.78 is 18.7. The molecule has 0 bridgehead atoms. The summed E-state index contributed by atoms with van der Waals surface area (Å²) in [5.74, 6) is 0.154. The summed E-state index contributed by atoms with van der Waals surface area (Å²) in [6, 6.07) is 3.26. The van der Waals surface area contributed by atoms with E-state index < -0.39 is 5.82 Å². The van der Waals surface area contributed by atoms with E-state index >= 15 is 0 Å². The number of amides is 1. The molecule has 2 saturated heterocycles. The van der Waals surface area contributed by atoms with Crippen molar-refractivity contribution in [1.82, 2.24) is 20.1 Å². The third-order valence-corrected chi connectivity index (χ3v) is 4.85. The predicted molar refractivity (Wildman–Crippen MR) is 97.4 cm³/mol. The van der Waals surface area contributed by atoms with Crippen molar-refractivity contribution in [2.75, 3.05) is 62.3 Å². The van der Waals surface area contributed by atoms with Crippen LogP contribution in [0.2, 0.25) is 0 Å². The Bertz CT molecular complexity index is 806. The van der Waals surface area contributed by atoms with Gasteiger partial charge < -0.3 is 19.4 Å². The first-order valence-corrected chi connectivity index (χ1v) is 9.01. The lowest BCUT2D eigenvalue weighted by molar-refractivity contribution is 0.0746. The summed E-state index contributed by atoms with van der Waals surface area (Å²) in [5.41, 5.74) is 1.27. The maximum atomic E-state index is 13.3. The van der Waals surface area contributed by atoms with Gasteiger partial charge in [0.05, 0.1) is 36.9 Å². The van der Waals surface area contributed by atoms with E-state index in [0.717, 1.165) is 30.8 Å². The number of hydrogen-bond donors (Lipinski definition) is 0. The lowest BCUT2D eigenvalue weighted by Gasteiger charge is -2.36. The molecule has 0 N–H and O–H groups in total. The van der Waals surface area contributed by atoms with Crippen molar-refractivity contribution in [3.63, 3.8) is 0 Å². The molecule has 2 aromatic heterocycles. The summed E-state index contributed by atoms with van der Waals surface area (Å²) in [5, 5.41) is 8.38. The molecule has 4 rings (SSSR count). The molecule has 0 aromatic carbocycles. The molecule has 0 saturated carbocycles. The molecule has 2 fully saturated rings. The SMILES string of the molecule is O=C(c1cncc(F)c1)N1CCN(c2cnnc(N3CCOCC3)c2)CC1. The van der Waals surface area contributed by atoms with Crippen molar-refractivity contribution in [2.24, 2.45) is 0 Å². The van der Waals surface area contributed by atoms with E-state index in [1.54, 1.807) is 11.1 Å². The van der Waals surface area contributed by atoms with Gasteiger partial charge in [0.2, 0.25) is 0 Å². The van der Waals surface area contributed by atoms with Gasteiger partial charge in [-0.2, -0.15) is 5.10 Å². The smallest absolute Gasteiger partial charge is 0.255 e. The minimum Gasteiger partial charge on any atom is -0.378 e. The summed E-state index contributed by atoms with van der Waals surface area (Å²) >= 11 is 0. The largest absolute Gasteiger partial charge is 0.378 e. The molecular formula is C18H21FN6O2. The average molecular weight is 372 g/mol. The zero-order valence-electron chi connectivity index (χ0n) is 14.9. The highest BCUT2D eigenvalue weighted by atomic mass is 19.1. The van der Waals surface area contributed by atoms with E-state index in [4.69, 9.17) is 4.74 Å². The van der Waals surface area contributed by atoms with E-state index in [1.807, 2.05) is 6.07 Å². The Labute approximate surface area is 156 Å². The van der Waals surface area contributed by atoms with E-state index in [2.05, 4.69) is 25.0 Å². The normalized spacial score (nSPS) is 17.9. The van der Waals surface area contributed by atoms with Crippen LogP contribution in [0.1, 0.15) is 10.4 Å². The molecule has 27 heavy (non-hydrogen) atoms. The zero-order valence-corrected chi connectivity index (χ0v) is 14.9. The van der Waals surface area contributed by atoms with Crippen LogP contribution in [-0.4, -0.2) is 78.5 Å². The van der Waals surface area contributed by atoms with Crippen LogP contribution in [0.5, 0.6) is 0 Å². The maximum absolute atomic E-state index is 13.3. The molecule has 2 aliphatic heterocycles. The van der Waals surface area contributed by atoms with Crippen molar-refractivity contribution in [2.45, 2.75) is 0 Å². The lowest BCUT2D eigenvalue weighted by atomic mass is 10.2. The van der Waals surface area contributed by atoms with Crippen LogP contribution in [0.3, 0.4) is 0 Å². The first-order chi connectivity index (χ1) is 13.2. The van der Waals surface area contributed by atoms with Gasteiger partial charge in [-0.25, -0.2) is 4.39 Å². The number of rotatable bonds is 3. The van der Waals surface area contributed by atoms with Gasteiger partial charge in [-0.15, -0.1) is 5.10 Å². The van der Waals surface area contributed by atoms with Gasteiger partial charge in [0.25, 0.3) is 5.91 Å². The Morgan fingerprint density at radius 2 is 1.74 bits per heavy atom. The molecular weight excluding hydrogens is 351 g/mol. The summed E-state index contributed by atoms with van der Waals surface area (Å²) in [6.07, 6.45) is 4.24. The number of nitrogens with zero attached hydrogens (tertiary/aromatic N) is 6. The maximum Gasteiger partial charge on any atom is 0.255 e. The fraction of sp³-hybridized carbons (Fsp3) is 0.444. The second-order valence-corrected chi connectivity index (χ2v) is 6.54. The van der Waals surface area contributed by atoms with E-state index in [1.165, 1.54) is 12.3 Å². The molecule has 0 unspecified atom stereocenters. The number of ether oxygens (including phenoxy) is 1. The van der Waals surface area contributed by atoms with Crippen LogP contribution >= 0.6 is 0 Å². The van der Waals surface area contributed by atoms with Gasteiger partial charge in [0, 0.05) is 51.5 Å². The fourth-order valence-electron chi connectivity index (χ4n) is 3.34. The third kappa shape index (κ3) is 3.97. The van der Waals surface area contributed by atoms with Gasteiger partial charge >= 0.3 is 0 Å². The number of carbonyl (C=O) groups is 1. The molecule has 142 valence electrons. The number of aromatic nitrogens is 3. The van der Waals surface area contributed by atoms with Crippen LogP contribution in [0, 0.1) is 5.82 Å². The predicted octanol–water partition coefficient (Wildman–Crippen LogP) is 0.810. The number of halogens is 1. The summed E-state index contributed by atoms with van der Waals surface area (Å²) in [6.45, 7) is 5.49. The highest BCUT2D eigenvalue weighted by Crippen LogP contribution is 2.21. The number of piperazine rings is 1. The lowest BCUT2D eigenvalue weighted by Crippen LogP contribution is -2.49. The first-order valence-electron chi connectivity index (χ1n) is 9.01. The average Bonchev–Trinajstić information content (AvgIpc) is 2.74. The third-order valence-electron chi connectivity index (χ3n) is 4.85. The number of anilines is 2. The van der Waals surface area contributed by atoms with E-state index in [9.17, 15) is 9.18 Å². The molecule has 2 aromatic rings. The van der Waals surface area contributed by atoms with E-state index in [0.29, 0.717) is 39.4 Å². The van der Waals surface area contributed by atoms with E-state index in [-0.39, 0.29) is 11.5 Å². The monoisotopic (exact) mass is 372 g/mol. The molecule has 2 aliphatic rings. The minimum absolute atomic E-state index is 0.191. The highest BCUT2D eigenvalue weighted by Gasteiger charge is 2.24. The molecule has 0 spiro atoms. The Morgan fingerprint density at radius 3 is 2.48 bits per heavy atom. The zero-order chi connectivity index (χ0) is 18.6. The molecule has 0 radical (unpaired) electrons. The Hall–Kier alpha value is -2.81. The molecule has 0 atom stereocenters.